The molecule has 2 N–H and O–H groups in total. The van der Waals surface area contributed by atoms with Crippen molar-refractivity contribution in [2.24, 2.45) is 5.84 Å². The zero-order valence-corrected chi connectivity index (χ0v) is 12.4. The SMILES string of the molecule is COc1cccc(CCC(=O)N(N)c2ccccc2C)c1. The Bertz CT molecular complexity index is 626. The summed E-state index contributed by atoms with van der Waals surface area (Å²) in [5.74, 6) is 6.61. The van der Waals surface area contributed by atoms with Crippen LogP contribution < -0.4 is 15.6 Å². The maximum Gasteiger partial charge on any atom is 0.241 e. The van der Waals surface area contributed by atoms with Gasteiger partial charge in [-0.1, -0.05) is 30.3 Å². The van der Waals surface area contributed by atoms with Crippen molar-refractivity contribution in [3.8, 4) is 5.75 Å². The van der Waals surface area contributed by atoms with Gasteiger partial charge in [0.1, 0.15) is 5.75 Å². The minimum absolute atomic E-state index is 0.105. The Morgan fingerprint density at radius 2 is 1.95 bits per heavy atom. The van der Waals surface area contributed by atoms with E-state index >= 15 is 0 Å². The van der Waals surface area contributed by atoms with Gasteiger partial charge in [-0.25, -0.2) is 10.9 Å². The smallest absolute Gasteiger partial charge is 0.241 e. The lowest BCUT2D eigenvalue weighted by Gasteiger charge is -2.18. The molecule has 2 rings (SSSR count). The molecule has 0 aromatic heterocycles. The number of nitrogens with zero attached hydrogens (tertiary/aromatic N) is 1. The molecule has 0 spiro atoms. The summed E-state index contributed by atoms with van der Waals surface area (Å²) in [7, 11) is 1.63. The maximum absolute atomic E-state index is 12.2. The standard InChI is InChI=1S/C17H20N2O2/c1-13-6-3-4-9-16(13)19(18)17(20)11-10-14-7-5-8-15(12-14)21-2/h3-9,12H,10-11,18H2,1-2H3. The van der Waals surface area contributed by atoms with Crippen LogP contribution in [0.3, 0.4) is 0 Å². The van der Waals surface area contributed by atoms with Gasteiger partial charge in [0.15, 0.2) is 0 Å². The molecule has 2 aromatic rings. The van der Waals surface area contributed by atoms with E-state index in [0.29, 0.717) is 12.8 Å². The van der Waals surface area contributed by atoms with Gasteiger partial charge in [-0.15, -0.1) is 0 Å². The van der Waals surface area contributed by atoms with Crippen LogP contribution in [0.4, 0.5) is 5.69 Å². The van der Waals surface area contributed by atoms with E-state index in [2.05, 4.69) is 0 Å². The predicted octanol–water partition coefficient (Wildman–Crippen LogP) is 2.84. The van der Waals surface area contributed by atoms with E-state index in [1.165, 1.54) is 5.01 Å². The monoisotopic (exact) mass is 284 g/mol. The fourth-order valence-corrected chi connectivity index (χ4v) is 2.17. The third-order valence-corrected chi connectivity index (χ3v) is 3.41. The Hall–Kier alpha value is -2.33. The highest BCUT2D eigenvalue weighted by Gasteiger charge is 2.13. The summed E-state index contributed by atoms with van der Waals surface area (Å²) in [4.78, 5) is 12.2. The number of para-hydroxylation sites is 1. The summed E-state index contributed by atoms with van der Waals surface area (Å²) < 4.78 is 5.17. The molecule has 1 amide bonds. The number of hydrogen-bond acceptors (Lipinski definition) is 3. The molecule has 4 heteroatoms. The number of amides is 1. The number of aryl methyl sites for hydroxylation is 2. The summed E-state index contributed by atoms with van der Waals surface area (Å²) in [6, 6.07) is 15.3. The summed E-state index contributed by atoms with van der Waals surface area (Å²) in [6.07, 6.45) is 0.994. The van der Waals surface area contributed by atoms with Crippen molar-refractivity contribution >= 4 is 11.6 Å². The lowest BCUT2D eigenvalue weighted by atomic mass is 10.1. The zero-order valence-electron chi connectivity index (χ0n) is 12.4. The average molecular weight is 284 g/mol. The van der Waals surface area contributed by atoms with Crippen molar-refractivity contribution in [3.05, 3.63) is 59.7 Å². The Balaban J connectivity index is 2.00. The van der Waals surface area contributed by atoms with Gasteiger partial charge in [0.05, 0.1) is 12.8 Å². The largest absolute Gasteiger partial charge is 0.497 e. The molecule has 0 bridgehead atoms. The van der Waals surface area contributed by atoms with Crippen molar-refractivity contribution in [2.75, 3.05) is 12.1 Å². The quantitative estimate of drug-likeness (QED) is 0.522. The third-order valence-electron chi connectivity index (χ3n) is 3.41. The molecule has 0 unspecified atom stereocenters. The van der Waals surface area contributed by atoms with Gasteiger partial charge in [0.2, 0.25) is 5.91 Å². The number of anilines is 1. The summed E-state index contributed by atoms with van der Waals surface area (Å²) >= 11 is 0. The van der Waals surface area contributed by atoms with E-state index in [0.717, 1.165) is 22.6 Å². The lowest BCUT2D eigenvalue weighted by molar-refractivity contribution is -0.118. The van der Waals surface area contributed by atoms with Crippen LogP contribution in [0, 0.1) is 6.92 Å². The van der Waals surface area contributed by atoms with E-state index in [4.69, 9.17) is 10.6 Å². The van der Waals surface area contributed by atoms with Crippen molar-refractivity contribution in [2.45, 2.75) is 19.8 Å². The first-order valence-corrected chi connectivity index (χ1v) is 6.88. The molecule has 110 valence electrons. The molecular weight excluding hydrogens is 264 g/mol. The second-order valence-electron chi connectivity index (χ2n) is 4.90. The molecule has 0 fully saturated rings. The number of hydrazine groups is 1. The molecule has 0 saturated carbocycles. The Morgan fingerprint density at radius 3 is 2.67 bits per heavy atom. The van der Waals surface area contributed by atoms with E-state index in [9.17, 15) is 4.79 Å². The third kappa shape index (κ3) is 3.83. The fourth-order valence-electron chi connectivity index (χ4n) is 2.17. The van der Waals surface area contributed by atoms with Crippen LogP contribution in [-0.4, -0.2) is 13.0 Å². The van der Waals surface area contributed by atoms with Gasteiger partial charge in [0.25, 0.3) is 0 Å². The highest BCUT2D eigenvalue weighted by Crippen LogP contribution is 2.18. The van der Waals surface area contributed by atoms with Crippen LogP contribution in [0.5, 0.6) is 5.75 Å². The van der Waals surface area contributed by atoms with Crippen LogP contribution >= 0.6 is 0 Å². The number of ether oxygens (including phenoxy) is 1. The minimum atomic E-state index is -0.105. The van der Waals surface area contributed by atoms with Crippen LogP contribution in [0.1, 0.15) is 17.5 Å². The number of benzene rings is 2. The Morgan fingerprint density at radius 1 is 1.19 bits per heavy atom. The molecule has 0 aliphatic rings. The van der Waals surface area contributed by atoms with Crippen LogP contribution in [0.15, 0.2) is 48.5 Å². The maximum atomic E-state index is 12.2. The highest BCUT2D eigenvalue weighted by atomic mass is 16.5. The van der Waals surface area contributed by atoms with Crippen molar-refractivity contribution < 1.29 is 9.53 Å². The van der Waals surface area contributed by atoms with Crippen LogP contribution in [-0.2, 0) is 11.2 Å². The lowest BCUT2D eigenvalue weighted by Crippen LogP contribution is -2.38. The first-order chi connectivity index (χ1) is 10.1. The first kappa shape index (κ1) is 15.1. The fraction of sp³-hybridized carbons (Fsp3) is 0.235. The molecule has 0 heterocycles. The van der Waals surface area contributed by atoms with Gasteiger partial charge in [-0.3, -0.25) is 4.79 Å². The van der Waals surface area contributed by atoms with Gasteiger partial charge in [-0.2, -0.15) is 0 Å². The molecule has 0 aliphatic carbocycles. The van der Waals surface area contributed by atoms with E-state index in [1.54, 1.807) is 7.11 Å². The number of carbonyl (C=O) groups excluding carboxylic acids is 1. The van der Waals surface area contributed by atoms with Crippen LogP contribution in [0.2, 0.25) is 0 Å². The zero-order chi connectivity index (χ0) is 15.2. The summed E-state index contributed by atoms with van der Waals surface area (Å²) in [5, 5.41) is 1.23. The van der Waals surface area contributed by atoms with Gasteiger partial charge < -0.3 is 4.74 Å². The molecule has 2 aromatic carbocycles. The molecule has 21 heavy (non-hydrogen) atoms. The first-order valence-electron chi connectivity index (χ1n) is 6.88. The van der Waals surface area contributed by atoms with E-state index < -0.39 is 0 Å². The topological polar surface area (TPSA) is 55.6 Å². The number of methoxy groups -OCH3 is 1. The van der Waals surface area contributed by atoms with Gasteiger partial charge in [-0.05, 0) is 42.7 Å². The Kier molecular flexibility index (Phi) is 4.95. The number of rotatable bonds is 5. The van der Waals surface area contributed by atoms with Crippen LogP contribution in [0.25, 0.3) is 0 Å². The number of carbonyl (C=O) groups is 1. The number of nitrogens with two attached hydrogens (primary N) is 1. The van der Waals surface area contributed by atoms with E-state index in [1.807, 2.05) is 55.5 Å². The van der Waals surface area contributed by atoms with Gasteiger partial charge in [0, 0.05) is 6.42 Å². The Labute approximate surface area is 125 Å². The normalized spacial score (nSPS) is 10.2. The van der Waals surface area contributed by atoms with E-state index in [-0.39, 0.29) is 5.91 Å². The molecular formula is C17H20N2O2. The molecule has 0 aliphatic heterocycles. The van der Waals surface area contributed by atoms with Crippen molar-refractivity contribution in [1.82, 2.24) is 0 Å². The second kappa shape index (κ2) is 6.90. The number of hydrogen-bond donors (Lipinski definition) is 1. The highest BCUT2D eigenvalue weighted by molar-refractivity contribution is 5.92. The molecule has 0 saturated heterocycles. The average Bonchev–Trinajstić information content (AvgIpc) is 2.52. The summed E-state index contributed by atoms with van der Waals surface area (Å²) in [6.45, 7) is 1.94. The summed E-state index contributed by atoms with van der Waals surface area (Å²) in [5.41, 5.74) is 2.78. The minimum Gasteiger partial charge on any atom is -0.497 e. The predicted molar refractivity (Wildman–Crippen MR) is 84.2 cm³/mol. The van der Waals surface area contributed by atoms with Gasteiger partial charge >= 0.3 is 0 Å². The second-order valence-corrected chi connectivity index (χ2v) is 4.90. The molecule has 0 atom stereocenters. The molecule has 4 nitrogen and oxygen atoms in total. The molecule has 0 radical (unpaired) electrons. The van der Waals surface area contributed by atoms with Crippen molar-refractivity contribution in [1.29, 1.82) is 0 Å². The van der Waals surface area contributed by atoms with Crippen molar-refractivity contribution in [3.63, 3.8) is 0 Å².